The van der Waals surface area contributed by atoms with E-state index in [1.807, 2.05) is 32.9 Å². The van der Waals surface area contributed by atoms with E-state index in [1.54, 1.807) is 0 Å². The molecule has 0 unspecified atom stereocenters. The van der Waals surface area contributed by atoms with Gasteiger partial charge in [0.25, 0.3) is 5.56 Å². The first-order chi connectivity index (χ1) is 13.2. The molecule has 1 N–H and O–H groups in total. The predicted octanol–water partition coefficient (Wildman–Crippen LogP) is 4.60. The lowest BCUT2D eigenvalue weighted by atomic mass is 10.0. The number of aliphatic hydroxyl groups excluding tert-OH is 1. The van der Waals surface area contributed by atoms with E-state index in [0.29, 0.717) is 16.2 Å². The summed E-state index contributed by atoms with van der Waals surface area (Å²) in [5.41, 5.74) is 2.74. The van der Waals surface area contributed by atoms with Crippen molar-refractivity contribution in [2.45, 2.75) is 53.2 Å². The highest BCUT2D eigenvalue weighted by molar-refractivity contribution is 7.18. The van der Waals surface area contributed by atoms with E-state index in [2.05, 4.69) is 18.8 Å². The molecule has 0 aliphatic heterocycles. The highest BCUT2D eigenvalue weighted by Gasteiger charge is 2.16. The second-order valence-corrected chi connectivity index (χ2v) is 9.03. The normalized spacial score (nSPS) is 12.7. The highest BCUT2D eigenvalue weighted by Crippen LogP contribution is 2.32. The summed E-state index contributed by atoms with van der Waals surface area (Å²) in [5.74, 6) is 0.949. The molecule has 2 heterocycles. The molecule has 0 bridgehead atoms. The molecule has 0 saturated carbocycles. The van der Waals surface area contributed by atoms with Crippen molar-refractivity contribution in [3.05, 3.63) is 55.4 Å². The standard InChI is InChI=1S/C21H25ClN2O3S/c1-11(2)16-7-17(22)12(3)6-18(16)27-9-15(25)8-24-10-23-20-19(21(24)26)13(4)14(5)28-20/h6-7,10-11,15,25H,8-9H2,1-5H3/t15-/m1/s1. The number of fused-ring (bicyclic) bond motifs is 1. The molecular formula is C21H25ClN2O3S. The Morgan fingerprint density at radius 1 is 1.29 bits per heavy atom. The quantitative estimate of drug-likeness (QED) is 0.632. The number of ether oxygens (including phenoxy) is 1. The minimum absolute atomic E-state index is 0.0763. The summed E-state index contributed by atoms with van der Waals surface area (Å²) >= 11 is 7.74. The van der Waals surface area contributed by atoms with E-state index in [9.17, 15) is 9.90 Å². The second-order valence-electron chi connectivity index (χ2n) is 7.42. The molecule has 1 atom stereocenters. The molecule has 0 aliphatic rings. The van der Waals surface area contributed by atoms with Crippen LogP contribution in [-0.2, 0) is 6.54 Å². The maximum Gasteiger partial charge on any atom is 0.262 e. The summed E-state index contributed by atoms with van der Waals surface area (Å²) in [6.07, 6.45) is 0.655. The van der Waals surface area contributed by atoms with Crippen LogP contribution >= 0.6 is 22.9 Å². The van der Waals surface area contributed by atoms with Crippen molar-refractivity contribution in [3.63, 3.8) is 0 Å². The molecule has 0 fully saturated rings. The monoisotopic (exact) mass is 420 g/mol. The summed E-state index contributed by atoms with van der Waals surface area (Å²) in [5, 5.41) is 11.8. The van der Waals surface area contributed by atoms with Gasteiger partial charge in [-0.25, -0.2) is 4.98 Å². The lowest BCUT2D eigenvalue weighted by molar-refractivity contribution is 0.0908. The topological polar surface area (TPSA) is 64.3 Å². The van der Waals surface area contributed by atoms with Crippen molar-refractivity contribution < 1.29 is 9.84 Å². The van der Waals surface area contributed by atoms with Crippen LogP contribution < -0.4 is 10.3 Å². The Morgan fingerprint density at radius 3 is 2.68 bits per heavy atom. The number of thiophene rings is 1. The minimum atomic E-state index is -0.840. The molecule has 0 spiro atoms. The van der Waals surface area contributed by atoms with E-state index in [-0.39, 0.29) is 24.6 Å². The van der Waals surface area contributed by atoms with Gasteiger partial charge in [-0.3, -0.25) is 9.36 Å². The third-order valence-corrected chi connectivity index (χ3v) is 6.43. The summed E-state index contributed by atoms with van der Waals surface area (Å²) in [7, 11) is 0. The highest BCUT2D eigenvalue weighted by atomic mass is 35.5. The Kier molecular flexibility index (Phi) is 6.12. The Hall–Kier alpha value is -1.89. The summed E-state index contributed by atoms with van der Waals surface area (Å²) in [6, 6.07) is 3.80. The van der Waals surface area contributed by atoms with E-state index in [0.717, 1.165) is 26.4 Å². The summed E-state index contributed by atoms with van der Waals surface area (Å²) < 4.78 is 7.33. The molecule has 7 heteroatoms. The zero-order valence-electron chi connectivity index (χ0n) is 16.7. The number of hydrogen-bond donors (Lipinski definition) is 1. The molecule has 28 heavy (non-hydrogen) atoms. The number of halogens is 1. The Labute approximate surface area is 173 Å². The van der Waals surface area contributed by atoms with E-state index in [1.165, 1.54) is 22.2 Å². The molecule has 3 aromatic rings. The van der Waals surface area contributed by atoms with Crippen LogP contribution in [0.15, 0.2) is 23.3 Å². The molecule has 5 nitrogen and oxygen atoms in total. The maximum absolute atomic E-state index is 12.8. The van der Waals surface area contributed by atoms with Crippen LogP contribution in [0.1, 0.15) is 41.3 Å². The molecule has 2 aromatic heterocycles. The predicted molar refractivity (Wildman–Crippen MR) is 115 cm³/mol. The number of benzene rings is 1. The number of nitrogens with zero attached hydrogens (tertiary/aromatic N) is 2. The fourth-order valence-electron chi connectivity index (χ4n) is 3.11. The van der Waals surface area contributed by atoms with Crippen molar-refractivity contribution >= 4 is 33.2 Å². The number of aliphatic hydroxyl groups is 1. The third kappa shape index (κ3) is 4.09. The van der Waals surface area contributed by atoms with Crippen LogP contribution in [0.5, 0.6) is 5.75 Å². The van der Waals surface area contributed by atoms with Gasteiger partial charge in [-0.2, -0.15) is 0 Å². The van der Waals surface area contributed by atoms with Gasteiger partial charge in [-0.15, -0.1) is 11.3 Å². The first-order valence-corrected chi connectivity index (χ1v) is 10.4. The zero-order chi connectivity index (χ0) is 20.6. The zero-order valence-corrected chi connectivity index (χ0v) is 18.3. The largest absolute Gasteiger partial charge is 0.491 e. The lowest BCUT2D eigenvalue weighted by Gasteiger charge is -2.18. The van der Waals surface area contributed by atoms with Crippen molar-refractivity contribution in [1.29, 1.82) is 0 Å². The molecule has 0 amide bonds. The van der Waals surface area contributed by atoms with Crippen LogP contribution in [0.25, 0.3) is 10.2 Å². The third-order valence-electron chi connectivity index (χ3n) is 4.91. The number of aromatic nitrogens is 2. The van der Waals surface area contributed by atoms with Gasteiger partial charge in [0.1, 0.15) is 23.3 Å². The molecule has 0 radical (unpaired) electrons. The Bertz CT molecular complexity index is 1070. The smallest absolute Gasteiger partial charge is 0.262 e. The van der Waals surface area contributed by atoms with Gasteiger partial charge in [-0.05, 0) is 55.5 Å². The molecule has 3 rings (SSSR count). The molecule has 150 valence electrons. The van der Waals surface area contributed by atoms with Crippen molar-refractivity contribution in [1.82, 2.24) is 9.55 Å². The van der Waals surface area contributed by atoms with Crippen LogP contribution in [0.4, 0.5) is 0 Å². The molecule has 0 aliphatic carbocycles. The van der Waals surface area contributed by atoms with Crippen molar-refractivity contribution in [2.24, 2.45) is 0 Å². The van der Waals surface area contributed by atoms with Crippen LogP contribution in [-0.4, -0.2) is 27.4 Å². The van der Waals surface area contributed by atoms with Crippen molar-refractivity contribution in [2.75, 3.05) is 6.61 Å². The Balaban J connectivity index is 1.77. The van der Waals surface area contributed by atoms with Crippen LogP contribution in [0, 0.1) is 20.8 Å². The lowest BCUT2D eigenvalue weighted by Crippen LogP contribution is -2.30. The molecule has 1 aromatic carbocycles. The number of rotatable bonds is 6. The fourth-order valence-corrected chi connectivity index (χ4v) is 4.27. The first-order valence-electron chi connectivity index (χ1n) is 9.25. The van der Waals surface area contributed by atoms with Gasteiger partial charge >= 0.3 is 0 Å². The maximum atomic E-state index is 12.8. The van der Waals surface area contributed by atoms with Gasteiger partial charge in [0, 0.05) is 9.90 Å². The first kappa shape index (κ1) is 20.8. The van der Waals surface area contributed by atoms with Gasteiger partial charge in [0.15, 0.2) is 0 Å². The van der Waals surface area contributed by atoms with Gasteiger partial charge in [0.2, 0.25) is 0 Å². The van der Waals surface area contributed by atoms with E-state index >= 15 is 0 Å². The Morgan fingerprint density at radius 2 is 2.00 bits per heavy atom. The van der Waals surface area contributed by atoms with Crippen LogP contribution in [0.3, 0.4) is 0 Å². The van der Waals surface area contributed by atoms with E-state index in [4.69, 9.17) is 16.3 Å². The molecule has 0 saturated heterocycles. The average Bonchev–Trinajstić information content (AvgIpc) is 2.92. The van der Waals surface area contributed by atoms with Gasteiger partial charge in [0.05, 0.1) is 18.3 Å². The average molecular weight is 421 g/mol. The van der Waals surface area contributed by atoms with Gasteiger partial charge < -0.3 is 9.84 Å². The summed E-state index contributed by atoms with van der Waals surface area (Å²) in [6.45, 7) is 10.2. The SMILES string of the molecule is Cc1cc(OC[C@H](O)Cn2cnc3sc(C)c(C)c3c2=O)c(C(C)C)cc1Cl. The summed E-state index contributed by atoms with van der Waals surface area (Å²) in [4.78, 5) is 18.9. The molecular weight excluding hydrogens is 396 g/mol. The van der Waals surface area contributed by atoms with Gasteiger partial charge in [-0.1, -0.05) is 25.4 Å². The number of hydrogen-bond acceptors (Lipinski definition) is 5. The fraction of sp³-hybridized carbons (Fsp3) is 0.429. The van der Waals surface area contributed by atoms with Crippen molar-refractivity contribution in [3.8, 4) is 5.75 Å². The van der Waals surface area contributed by atoms with Crippen LogP contribution in [0.2, 0.25) is 5.02 Å². The minimum Gasteiger partial charge on any atom is -0.491 e. The second kappa shape index (κ2) is 8.23. The number of aryl methyl sites for hydroxylation is 3. The van der Waals surface area contributed by atoms with E-state index < -0.39 is 6.10 Å².